The fourth-order valence-corrected chi connectivity index (χ4v) is 1.39. The van der Waals surface area contributed by atoms with E-state index in [1.54, 1.807) is 18.2 Å². The van der Waals surface area contributed by atoms with Gasteiger partial charge < -0.3 is 16.2 Å². The molecule has 1 unspecified atom stereocenters. The van der Waals surface area contributed by atoms with E-state index in [9.17, 15) is 5.11 Å². The van der Waals surface area contributed by atoms with E-state index in [1.165, 1.54) is 6.92 Å². The van der Waals surface area contributed by atoms with E-state index in [0.717, 1.165) is 0 Å². The molecule has 0 bridgehead atoms. The van der Waals surface area contributed by atoms with Crippen LogP contribution in [-0.4, -0.2) is 10.8 Å². The molecule has 0 saturated carbocycles. The molecular weight excluding hydrogens is 194 g/mol. The van der Waals surface area contributed by atoms with Crippen LogP contribution in [0.25, 0.3) is 0 Å². The number of allylic oxidation sites excluding steroid dienone is 1. The van der Waals surface area contributed by atoms with Crippen molar-refractivity contribution in [1.82, 2.24) is 5.32 Å². The number of rotatable bonds is 0. The van der Waals surface area contributed by atoms with E-state index in [-0.39, 0.29) is 22.5 Å². The van der Waals surface area contributed by atoms with Gasteiger partial charge in [0, 0.05) is 0 Å². The molecule has 0 amide bonds. The molecule has 0 fully saturated rings. The van der Waals surface area contributed by atoms with Crippen molar-refractivity contribution >= 4 is 0 Å². The minimum absolute atomic E-state index is 0.0412. The summed E-state index contributed by atoms with van der Waals surface area (Å²) in [6, 6.07) is 4.96. The van der Waals surface area contributed by atoms with Gasteiger partial charge >= 0.3 is 0 Å². The molecule has 0 radical (unpaired) electrons. The fraction of sp³-hybridized carbons (Fsp3) is 0.222. The molecule has 0 aliphatic carbocycles. The zero-order chi connectivity index (χ0) is 11.6. The molecule has 0 saturated heterocycles. The molecule has 4 N–H and O–H groups in total. The maximum Gasteiger partial charge on any atom is 0.163 e. The number of aliphatic hydroxyl groups is 1. The standard InChI is InChI=1S/C9H7N5O/c1-9(15)7(5(2-10)3-11)6(4-12)8(13)14-9/h14-15H,13H2,1H3. The van der Waals surface area contributed by atoms with Crippen molar-refractivity contribution in [3.8, 4) is 18.2 Å². The van der Waals surface area contributed by atoms with Crippen LogP contribution in [-0.2, 0) is 0 Å². The molecule has 1 rings (SSSR count). The average Bonchev–Trinajstić information content (AvgIpc) is 2.39. The Kier molecular flexibility index (Phi) is 2.36. The Balaban J connectivity index is 3.54. The zero-order valence-electron chi connectivity index (χ0n) is 7.87. The Bertz CT molecular complexity index is 476. The van der Waals surface area contributed by atoms with Gasteiger partial charge in [0.25, 0.3) is 0 Å². The van der Waals surface area contributed by atoms with Crippen LogP contribution in [0, 0.1) is 34.0 Å². The molecule has 74 valence electrons. The van der Waals surface area contributed by atoms with E-state index in [2.05, 4.69) is 5.32 Å². The van der Waals surface area contributed by atoms with E-state index < -0.39 is 5.72 Å². The van der Waals surface area contributed by atoms with Crippen molar-refractivity contribution < 1.29 is 5.11 Å². The second-order valence-corrected chi connectivity index (χ2v) is 3.07. The lowest BCUT2D eigenvalue weighted by Gasteiger charge is -2.20. The SMILES string of the molecule is CC1(O)NC(N)=C(C#N)C1=C(C#N)C#N. The first kappa shape index (κ1) is 10.6. The summed E-state index contributed by atoms with van der Waals surface area (Å²) in [5, 5.41) is 38.4. The van der Waals surface area contributed by atoms with Crippen molar-refractivity contribution in [1.29, 1.82) is 15.8 Å². The van der Waals surface area contributed by atoms with Crippen LogP contribution in [0.2, 0.25) is 0 Å². The van der Waals surface area contributed by atoms with E-state index in [4.69, 9.17) is 21.5 Å². The minimum atomic E-state index is -1.66. The number of nitrogens with one attached hydrogen (secondary N) is 1. The zero-order valence-corrected chi connectivity index (χ0v) is 7.87. The molecular formula is C9H7N5O. The molecule has 6 nitrogen and oxygen atoms in total. The Morgan fingerprint density at radius 2 is 1.93 bits per heavy atom. The molecule has 1 aliphatic rings. The maximum absolute atomic E-state index is 9.81. The highest BCUT2D eigenvalue weighted by Gasteiger charge is 2.39. The molecule has 1 atom stereocenters. The first-order valence-corrected chi connectivity index (χ1v) is 3.93. The van der Waals surface area contributed by atoms with Crippen molar-refractivity contribution in [2.75, 3.05) is 0 Å². The number of nitrogens with zero attached hydrogens (tertiary/aromatic N) is 3. The number of hydrogen-bond acceptors (Lipinski definition) is 6. The van der Waals surface area contributed by atoms with Crippen molar-refractivity contribution in [3.05, 3.63) is 22.5 Å². The fourth-order valence-electron chi connectivity index (χ4n) is 1.39. The molecule has 15 heavy (non-hydrogen) atoms. The minimum Gasteiger partial charge on any atom is -0.384 e. The third kappa shape index (κ3) is 1.48. The first-order valence-electron chi connectivity index (χ1n) is 3.93. The Morgan fingerprint density at radius 1 is 1.40 bits per heavy atom. The summed E-state index contributed by atoms with van der Waals surface area (Å²) in [5.41, 5.74) is 3.30. The van der Waals surface area contributed by atoms with Crippen LogP contribution >= 0.6 is 0 Å². The molecule has 6 heteroatoms. The lowest BCUT2D eigenvalue weighted by molar-refractivity contribution is 0.0832. The summed E-state index contributed by atoms with van der Waals surface area (Å²) >= 11 is 0. The molecule has 0 aromatic carbocycles. The monoisotopic (exact) mass is 201 g/mol. The normalized spacial score (nSPS) is 23.8. The highest BCUT2D eigenvalue weighted by molar-refractivity contribution is 5.61. The van der Waals surface area contributed by atoms with Gasteiger partial charge in [-0.1, -0.05) is 0 Å². The second kappa shape index (κ2) is 3.34. The van der Waals surface area contributed by atoms with Crippen LogP contribution < -0.4 is 11.1 Å². The Labute approximate surface area is 86.1 Å². The molecule has 1 aliphatic heterocycles. The smallest absolute Gasteiger partial charge is 0.163 e. The van der Waals surface area contributed by atoms with Crippen LogP contribution in [0.1, 0.15) is 6.92 Å². The van der Waals surface area contributed by atoms with Crippen LogP contribution in [0.15, 0.2) is 22.5 Å². The Morgan fingerprint density at radius 3 is 2.33 bits per heavy atom. The van der Waals surface area contributed by atoms with Crippen LogP contribution in [0.4, 0.5) is 0 Å². The summed E-state index contributed by atoms with van der Waals surface area (Å²) in [6.45, 7) is 1.31. The van der Waals surface area contributed by atoms with Crippen LogP contribution in [0.5, 0.6) is 0 Å². The van der Waals surface area contributed by atoms with Gasteiger partial charge in [-0.2, -0.15) is 15.8 Å². The Hall–Kier alpha value is -2.49. The first-order chi connectivity index (χ1) is 6.97. The van der Waals surface area contributed by atoms with Crippen molar-refractivity contribution in [2.24, 2.45) is 5.73 Å². The predicted octanol–water partition coefficient (Wildman–Crippen LogP) is -0.664. The molecule has 0 spiro atoms. The number of hydrogen-bond donors (Lipinski definition) is 3. The summed E-state index contributed by atoms with van der Waals surface area (Å²) in [7, 11) is 0. The quantitative estimate of drug-likeness (QED) is 0.446. The summed E-state index contributed by atoms with van der Waals surface area (Å²) in [6.07, 6.45) is 0. The summed E-state index contributed by atoms with van der Waals surface area (Å²) in [4.78, 5) is 0. The van der Waals surface area contributed by atoms with E-state index in [0.29, 0.717) is 0 Å². The predicted molar refractivity (Wildman–Crippen MR) is 48.8 cm³/mol. The van der Waals surface area contributed by atoms with Gasteiger partial charge in [-0.3, -0.25) is 0 Å². The molecule has 0 aromatic rings. The largest absolute Gasteiger partial charge is 0.384 e. The van der Waals surface area contributed by atoms with Gasteiger partial charge in [0.05, 0.1) is 5.57 Å². The topological polar surface area (TPSA) is 130 Å². The summed E-state index contributed by atoms with van der Waals surface area (Å²) in [5.74, 6) is -0.0412. The van der Waals surface area contributed by atoms with Crippen molar-refractivity contribution in [3.63, 3.8) is 0 Å². The van der Waals surface area contributed by atoms with Gasteiger partial charge in [-0.15, -0.1) is 0 Å². The molecule has 1 heterocycles. The number of nitrogens with two attached hydrogens (primary N) is 1. The molecule has 0 aromatic heterocycles. The van der Waals surface area contributed by atoms with Gasteiger partial charge in [-0.25, -0.2) is 0 Å². The van der Waals surface area contributed by atoms with Gasteiger partial charge in [0.1, 0.15) is 35.2 Å². The third-order valence-corrected chi connectivity index (χ3v) is 1.97. The van der Waals surface area contributed by atoms with E-state index >= 15 is 0 Å². The second-order valence-electron chi connectivity index (χ2n) is 3.07. The average molecular weight is 201 g/mol. The third-order valence-electron chi connectivity index (χ3n) is 1.97. The van der Waals surface area contributed by atoms with E-state index in [1.807, 2.05) is 0 Å². The maximum atomic E-state index is 9.81. The summed E-state index contributed by atoms with van der Waals surface area (Å²) < 4.78 is 0. The van der Waals surface area contributed by atoms with Gasteiger partial charge in [-0.05, 0) is 6.92 Å². The van der Waals surface area contributed by atoms with Crippen molar-refractivity contribution in [2.45, 2.75) is 12.6 Å². The van der Waals surface area contributed by atoms with Gasteiger partial charge in [0.15, 0.2) is 5.72 Å². The highest BCUT2D eigenvalue weighted by atomic mass is 16.3. The highest BCUT2D eigenvalue weighted by Crippen LogP contribution is 2.31. The van der Waals surface area contributed by atoms with Gasteiger partial charge in [0.2, 0.25) is 0 Å². The lowest BCUT2D eigenvalue weighted by atomic mass is 9.96. The lowest BCUT2D eigenvalue weighted by Crippen LogP contribution is -2.40. The van der Waals surface area contributed by atoms with Crippen LogP contribution in [0.3, 0.4) is 0 Å². The number of nitriles is 3.